The highest BCUT2D eigenvalue weighted by Crippen LogP contribution is 2.23. The van der Waals surface area contributed by atoms with Crippen LogP contribution < -0.4 is 0 Å². The van der Waals surface area contributed by atoms with Gasteiger partial charge in [-0.05, 0) is 39.2 Å². The summed E-state index contributed by atoms with van der Waals surface area (Å²) >= 11 is 0. The Hall–Kier alpha value is -2.04. The third-order valence-electron chi connectivity index (χ3n) is 3.65. The van der Waals surface area contributed by atoms with E-state index in [1.807, 2.05) is 51.1 Å². The Morgan fingerprint density at radius 2 is 1.91 bits per heavy atom. The number of carbonyl (C=O) groups is 2. The van der Waals surface area contributed by atoms with E-state index in [4.69, 9.17) is 9.47 Å². The zero-order chi connectivity index (χ0) is 16.9. The van der Waals surface area contributed by atoms with Crippen molar-refractivity contribution in [2.45, 2.75) is 58.3 Å². The molecule has 0 N–H and O–H groups in total. The molecule has 1 heterocycles. The molecule has 1 aliphatic rings. The number of nitrogens with zero attached hydrogens (tertiary/aromatic N) is 1. The molecule has 5 nitrogen and oxygen atoms in total. The first-order valence-corrected chi connectivity index (χ1v) is 8.04. The molecule has 1 saturated heterocycles. The smallest absolute Gasteiger partial charge is 0.410 e. The molecule has 126 valence electrons. The highest BCUT2D eigenvalue weighted by atomic mass is 16.6. The molecule has 0 bridgehead atoms. The van der Waals surface area contributed by atoms with Gasteiger partial charge in [-0.2, -0.15) is 0 Å². The molecule has 1 fully saturated rings. The van der Waals surface area contributed by atoms with Crippen LogP contribution in [-0.2, 0) is 20.9 Å². The van der Waals surface area contributed by atoms with Crippen molar-refractivity contribution in [3.63, 3.8) is 0 Å². The lowest BCUT2D eigenvalue weighted by molar-refractivity contribution is -0.146. The summed E-state index contributed by atoms with van der Waals surface area (Å²) in [5, 5.41) is 0. The number of benzene rings is 1. The molecule has 0 spiro atoms. The maximum Gasteiger partial charge on any atom is 0.410 e. The average Bonchev–Trinajstić information content (AvgIpc) is 2.93. The summed E-state index contributed by atoms with van der Waals surface area (Å²) < 4.78 is 10.7. The van der Waals surface area contributed by atoms with Crippen molar-refractivity contribution < 1.29 is 19.1 Å². The van der Waals surface area contributed by atoms with Gasteiger partial charge in [0, 0.05) is 12.6 Å². The summed E-state index contributed by atoms with van der Waals surface area (Å²) in [4.78, 5) is 25.9. The zero-order valence-corrected chi connectivity index (χ0v) is 14.1. The molecule has 1 aromatic carbocycles. The second kappa shape index (κ2) is 7.49. The monoisotopic (exact) mass is 319 g/mol. The highest BCUT2D eigenvalue weighted by Gasteiger charge is 2.33. The molecule has 23 heavy (non-hydrogen) atoms. The fourth-order valence-electron chi connectivity index (χ4n) is 2.60. The van der Waals surface area contributed by atoms with Gasteiger partial charge in [-0.25, -0.2) is 4.79 Å². The van der Waals surface area contributed by atoms with E-state index < -0.39 is 5.60 Å². The van der Waals surface area contributed by atoms with Gasteiger partial charge in [0.15, 0.2) is 0 Å². The van der Waals surface area contributed by atoms with Gasteiger partial charge in [0.2, 0.25) is 0 Å². The van der Waals surface area contributed by atoms with Crippen molar-refractivity contribution >= 4 is 12.1 Å². The van der Waals surface area contributed by atoms with Gasteiger partial charge in [0.25, 0.3) is 0 Å². The molecule has 0 saturated carbocycles. The summed E-state index contributed by atoms with van der Waals surface area (Å²) in [7, 11) is 0. The van der Waals surface area contributed by atoms with Crippen LogP contribution >= 0.6 is 0 Å². The van der Waals surface area contributed by atoms with Gasteiger partial charge in [0.1, 0.15) is 12.2 Å². The van der Waals surface area contributed by atoms with E-state index >= 15 is 0 Å². The minimum absolute atomic E-state index is 0.131. The van der Waals surface area contributed by atoms with Crippen molar-refractivity contribution in [2.24, 2.45) is 0 Å². The molecule has 1 atom stereocenters. The Bertz CT molecular complexity index is 536. The summed E-state index contributed by atoms with van der Waals surface area (Å²) in [6.07, 6.45) is 1.55. The summed E-state index contributed by atoms with van der Waals surface area (Å²) in [5.41, 5.74) is 0.425. The van der Waals surface area contributed by atoms with Crippen molar-refractivity contribution in [1.82, 2.24) is 4.90 Å². The quantitative estimate of drug-likeness (QED) is 0.797. The Morgan fingerprint density at radius 1 is 1.22 bits per heavy atom. The maximum atomic E-state index is 12.2. The topological polar surface area (TPSA) is 55.8 Å². The molecule has 2 rings (SSSR count). The first-order chi connectivity index (χ1) is 10.8. The number of hydrogen-bond acceptors (Lipinski definition) is 4. The van der Waals surface area contributed by atoms with E-state index in [1.54, 1.807) is 4.90 Å². The first-order valence-electron chi connectivity index (χ1n) is 8.04. The van der Waals surface area contributed by atoms with Crippen LogP contribution in [0.5, 0.6) is 0 Å². The molecular formula is C18H25NO4. The minimum Gasteiger partial charge on any atom is -0.461 e. The Kier molecular flexibility index (Phi) is 5.64. The molecule has 5 heteroatoms. The Balaban J connectivity index is 1.83. The van der Waals surface area contributed by atoms with Crippen LogP contribution in [0.4, 0.5) is 4.79 Å². The SMILES string of the molecule is CC(C)(C)OC(=O)N1CCC[C@H]1CC(=O)OCc1ccccc1. The second-order valence-corrected chi connectivity index (χ2v) is 6.82. The lowest BCUT2D eigenvalue weighted by Crippen LogP contribution is -2.40. The van der Waals surface area contributed by atoms with Gasteiger partial charge in [-0.1, -0.05) is 30.3 Å². The van der Waals surface area contributed by atoms with Gasteiger partial charge in [0.05, 0.1) is 6.42 Å². The van der Waals surface area contributed by atoms with Crippen LogP contribution in [0.15, 0.2) is 30.3 Å². The molecule has 1 aliphatic heterocycles. The lowest BCUT2D eigenvalue weighted by Gasteiger charge is -2.28. The highest BCUT2D eigenvalue weighted by molar-refractivity contribution is 5.73. The normalized spacial score (nSPS) is 17.9. The van der Waals surface area contributed by atoms with Crippen LogP contribution in [0.3, 0.4) is 0 Å². The van der Waals surface area contributed by atoms with Gasteiger partial charge >= 0.3 is 12.1 Å². The van der Waals surface area contributed by atoms with Gasteiger partial charge in [-0.15, -0.1) is 0 Å². The van der Waals surface area contributed by atoms with Crippen molar-refractivity contribution in [3.8, 4) is 0 Å². The number of carbonyl (C=O) groups excluding carboxylic acids is 2. The molecule has 0 radical (unpaired) electrons. The van der Waals surface area contributed by atoms with Crippen molar-refractivity contribution in [2.75, 3.05) is 6.54 Å². The van der Waals surface area contributed by atoms with Gasteiger partial charge in [-0.3, -0.25) is 4.79 Å². The second-order valence-electron chi connectivity index (χ2n) is 6.82. The van der Waals surface area contributed by atoms with Crippen LogP contribution in [0.1, 0.15) is 45.6 Å². The fraction of sp³-hybridized carbons (Fsp3) is 0.556. The standard InChI is InChI=1S/C18H25NO4/c1-18(2,3)23-17(21)19-11-7-10-15(19)12-16(20)22-13-14-8-5-4-6-9-14/h4-6,8-9,15H,7,10-13H2,1-3H3/t15-/m0/s1. The maximum absolute atomic E-state index is 12.2. The third kappa shape index (κ3) is 5.58. The lowest BCUT2D eigenvalue weighted by atomic mass is 10.1. The van der Waals surface area contributed by atoms with Gasteiger partial charge < -0.3 is 14.4 Å². The predicted octanol–water partition coefficient (Wildman–Crippen LogP) is 3.52. The van der Waals surface area contributed by atoms with Crippen LogP contribution in [-0.4, -0.2) is 35.2 Å². The molecule has 1 aromatic rings. The Labute approximate surface area is 137 Å². The van der Waals surface area contributed by atoms with E-state index in [9.17, 15) is 9.59 Å². The third-order valence-corrected chi connectivity index (χ3v) is 3.65. The largest absolute Gasteiger partial charge is 0.461 e. The molecular weight excluding hydrogens is 294 g/mol. The van der Waals surface area contributed by atoms with E-state index in [0.717, 1.165) is 18.4 Å². The predicted molar refractivity (Wildman–Crippen MR) is 86.8 cm³/mol. The number of hydrogen-bond donors (Lipinski definition) is 0. The number of amides is 1. The average molecular weight is 319 g/mol. The molecule has 0 unspecified atom stereocenters. The summed E-state index contributed by atoms with van der Waals surface area (Å²) in [6, 6.07) is 9.43. The van der Waals surface area contributed by atoms with E-state index in [2.05, 4.69) is 0 Å². The number of likely N-dealkylation sites (tertiary alicyclic amines) is 1. The number of rotatable bonds is 4. The molecule has 1 amide bonds. The Morgan fingerprint density at radius 3 is 2.57 bits per heavy atom. The van der Waals surface area contributed by atoms with Crippen LogP contribution in [0.2, 0.25) is 0 Å². The summed E-state index contributed by atoms with van der Waals surface area (Å²) in [5.74, 6) is -0.283. The molecule has 0 aromatic heterocycles. The van der Waals surface area contributed by atoms with E-state index in [1.165, 1.54) is 0 Å². The first kappa shape index (κ1) is 17.3. The van der Waals surface area contributed by atoms with Crippen LogP contribution in [0.25, 0.3) is 0 Å². The van der Waals surface area contributed by atoms with Crippen molar-refractivity contribution in [1.29, 1.82) is 0 Å². The zero-order valence-electron chi connectivity index (χ0n) is 14.1. The van der Waals surface area contributed by atoms with E-state index in [0.29, 0.717) is 6.54 Å². The molecule has 0 aliphatic carbocycles. The van der Waals surface area contributed by atoms with E-state index in [-0.39, 0.29) is 31.1 Å². The fourth-order valence-corrected chi connectivity index (χ4v) is 2.60. The van der Waals surface area contributed by atoms with Crippen LogP contribution in [0, 0.1) is 0 Å². The minimum atomic E-state index is -0.530. The number of ether oxygens (including phenoxy) is 2. The summed E-state index contributed by atoms with van der Waals surface area (Å²) in [6.45, 7) is 6.41. The van der Waals surface area contributed by atoms with Crippen molar-refractivity contribution in [3.05, 3.63) is 35.9 Å². The number of esters is 1.